The minimum atomic E-state index is -0.462. The monoisotopic (exact) mass is 181 g/mol. The second-order valence-electron chi connectivity index (χ2n) is 1.98. The topological polar surface area (TPSA) is 49.0 Å². The molecule has 0 spiro atoms. The summed E-state index contributed by atoms with van der Waals surface area (Å²) in [5.74, 6) is 0. The molecule has 0 saturated heterocycles. The Balaban J connectivity index is 3.63. The summed E-state index contributed by atoms with van der Waals surface area (Å²) in [6, 6.07) is 0. The number of quaternary nitrogens is 1. The van der Waals surface area contributed by atoms with Crippen molar-refractivity contribution in [3.8, 4) is 0 Å². The molecule has 1 N–H and O–H groups in total. The minimum absolute atomic E-state index is 0.462. The van der Waals surface area contributed by atoms with Gasteiger partial charge in [0.15, 0.2) is 7.05 Å². The Kier molecular flexibility index (Phi) is 6.17. The molecule has 0 aliphatic rings. The van der Waals surface area contributed by atoms with Crippen LogP contribution >= 0.6 is 0 Å². The summed E-state index contributed by atoms with van der Waals surface area (Å²) in [7, 11) is 3.04. The Morgan fingerprint density at radius 2 is 1.92 bits per heavy atom. The average Bonchev–Trinajstić information content (AvgIpc) is 2.06. The Labute approximate surface area is 72.3 Å². The summed E-state index contributed by atoms with van der Waals surface area (Å²) in [4.78, 5) is 19.1. The fourth-order valence-corrected chi connectivity index (χ4v) is 0.504. The minimum Gasteiger partial charge on any atom is -0.273 e. The van der Waals surface area contributed by atoms with Crippen molar-refractivity contribution in [3.63, 3.8) is 0 Å². The molecule has 0 rings (SSSR count). The summed E-state index contributed by atoms with van der Waals surface area (Å²) in [5.41, 5.74) is 2.23. The summed E-state index contributed by atoms with van der Waals surface area (Å²) in [6.07, 6.45) is 0. The number of rotatable bonds is 7. The van der Waals surface area contributed by atoms with Crippen molar-refractivity contribution < 1.29 is 24.4 Å². The lowest BCUT2D eigenvalue weighted by atomic mass is 10.9. The number of nitrogens with one attached hydrogen (secondary N) is 1. The molecule has 0 aliphatic heterocycles. The van der Waals surface area contributed by atoms with Crippen molar-refractivity contribution in [2.75, 3.05) is 27.4 Å². The second kappa shape index (κ2) is 6.30. The van der Waals surface area contributed by atoms with Crippen molar-refractivity contribution in [3.05, 3.63) is 0 Å². The molecule has 0 aromatic rings. The maximum atomic E-state index is 5.08. The van der Waals surface area contributed by atoms with E-state index in [4.69, 9.17) is 19.5 Å². The average molecular weight is 181 g/mol. The lowest BCUT2D eigenvalue weighted by molar-refractivity contribution is -1.36. The van der Waals surface area contributed by atoms with Gasteiger partial charge in [-0.2, -0.15) is 0 Å². The Morgan fingerprint density at radius 3 is 2.33 bits per heavy atom. The van der Waals surface area contributed by atoms with Crippen LogP contribution in [0.4, 0.5) is 0 Å². The van der Waals surface area contributed by atoms with Crippen molar-refractivity contribution in [2.24, 2.45) is 0 Å². The Bertz CT molecular complexity index is 114. The predicted molar refractivity (Wildman–Crippen MR) is 40.7 cm³/mol. The van der Waals surface area contributed by atoms with E-state index < -0.39 is 4.97 Å². The molecule has 0 heterocycles. The zero-order chi connectivity index (χ0) is 9.45. The van der Waals surface area contributed by atoms with E-state index in [2.05, 4.69) is 5.64 Å². The molecule has 0 bridgehead atoms. The van der Waals surface area contributed by atoms with Crippen LogP contribution in [0.25, 0.3) is 0 Å². The lowest BCUT2D eigenvalue weighted by Crippen LogP contribution is -2.46. The Morgan fingerprint density at radius 1 is 1.25 bits per heavy atom. The van der Waals surface area contributed by atoms with Crippen LogP contribution in [0.3, 0.4) is 0 Å². The standard InChI is InChI=1S/C6H17N2O4/c1-5-10-7-12-8(3,9-4)11-6-2/h7H,5-6H2,1-4H3/q+1. The highest BCUT2D eigenvalue weighted by molar-refractivity contribution is 3.94. The Hall–Kier alpha value is -0.240. The zero-order valence-electron chi connectivity index (χ0n) is 7.99. The number of nitrogens with zero attached hydrogens (tertiary/aromatic N) is 1. The van der Waals surface area contributed by atoms with E-state index in [9.17, 15) is 0 Å². The normalized spacial score (nSPS) is 16.0. The van der Waals surface area contributed by atoms with Gasteiger partial charge in [0.1, 0.15) is 18.7 Å². The van der Waals surface area contributed by atoms with Crippen LogP contribution in [0.1, 0.15) is 13.8 Å². The summed E-state index contributed by atoms with van der Waals surface area (Å²) < 4.78 is 0. The van der Waals surface area contributed by atoms with Crippen LogP contribution in [0.5, 0.6) is 0 Å². The summed E-state index contributed by atoms with van der Waals surface area (Å²) in [6.45, 7) is 4.63. The maximum absolute atomic E-state index is 5.08. The van der Waals surface area contributed by atoms with Gasteiger partial charge in [-0.25, -0.2) is 0 Å². The first-order valence-electron chi connectivity index (χ1n) is 3.80. The quantitative estimate of drug-likeness (QED) is 0.348. The van der Waals surface area contributed by atoms with Gasteiger partial charge < -0.3 is 0 Å². The molecular formula is C6H17N2O4+. The number of hydrogen-bond donors (Lipinski definition) is 1. The van der Waals surface area contributed by atoms with Crippen molar-refractivity contribution in [1.29, 1.82) is 0 Å². The molecule has 0 fully saturated rings. The first-order chi connectivity index (χ1) is 5.68. The van der Waals surface area contributed by atoms with Crippen LogP contribution in [0, 0.1) is 0 Å². The molecule has 74 valence electrons. The molecule has 6 nitrogen and oxygen atoms in total. The molecule has 1 unspecified atom stereocenters. The van der Waals surface area contributed by atoms with E-state index in [1.165, 1.54) is 7.11 Å². The molecule has 0 saturated carbocycles. The third-order valence-corrected chi connectivity index (χ3v) is 1.10. The van der Waals surface area contributed by atoms with Gasteiger partial charge in [-0.05, 0) is 24.4 Å². The lowest BCUT2D eigenvalue weighted by Gasteiger charge is -2.21. The van der Waals surface area contributed by atoms with Gasteiger partial charge in [-0.1, -0.05) is 0 Å². The highest BCUT2D eigenvalue weighted by Gasteiger charge is 2.26. The van der Waals surface area contributed by atoms with E-state index in [-0.39, 0.29) is 0 Å². The molecule has 0 radical (unpaired) electrons. The van der Waals surface area contributed by atoms with Gasteiger partial charge in [0.2, 0.25) is 0 Å². The van der Waals surface area contributed by atoms with Crippen molar-refractivity contribution >= 4 is 0 Å². The molecule has 1 atom stereocenters. The van der Waals surface area contributed by atoms with Gasteiger partial charge in [-0.3, -0.25) is 4.84 Å². The first-order valence-corrected chi connectivity index (χ1v) is 3.80. The SMILES string of the molecule is CCONO[N+](C)(OC)OCC. The van der Waals surface area contributed by atoms with E-state index in [1.54, 1.807) is 7.05 Å². The van der Waals surface area contributed by atoms with Crippen LogP contribution in [-0.4, -0.2) is 32.3 Å². The van der Waals surface area contributed by atoms with Gasteiger partial charge in [0.25, 0.3) is 0 Å². The van der Waals surface area contributed by atoms with Crippen LogP contribution in [-0.2, 0) is 19.5 Å². The molecule has 0 amide bonds. The second-order valence-corrected chi connectivity index (χ2v) is 1.98. The van der Waals surface area contributed by atoms with Gasteiger partial charge in [-0.15, -0.1) is 9.68 Å². The fraction of sp³-hybridized carbons (Fsp3) is 1.00. The first kappa shape index (κ1) is 11.8. The van der Waals surface area contributed by atoms with Crippen LogP contribution in [0.15, 0.2) is 0 Å². The highest BCUT2D eigenvalue weighted by Crippen LogP contribution is 2.02. The third-order valence-electron chi connectivity index (χ3n) is 1.10. The smallest absolute Gasteiger partial charge is 0.170 e. The summed E-state index contributed by atoms with van der Waals surface area (Å²) >= 11 is 0. The molecule has 12 heavy (non-hydrogen) atoms. The predicted octanol–water partition coefficient (Wildman–Crippen LogP) is 0.334. The van der Waals surface area contributed by atoms with E-state index in [0.29, 0.717) is 13.2 Å². The maximum Gasteiger partial charge on any atom is 0.170 e. The van der Waals surface area contributed by atoms with Crippen molar-refractivity contribution in [1.82, 2.24) is 5.64 Å². The summed E-state index contributed by atoms with van der Waals surface area (Å²) in [5, 5.41) is 0. The van der Waals surface area contributed by atoms with Gasteiger partial charge >= 0.3 is 0 Å². The van der Waals surface area contributed by atoms with Crippen LogP contribution in [0.2, 0.25) is 0 Å². The molecule has 0 aromatic carbocycles. The number of hydroxylamine groups is 3. The van der Waals surface area contributed by atoms with E-state index >= 15 is 0 Å². The number of hydrogen-bond acceptors (Lipinski definition) is 5. The van der Waals surface area contributed by atoms with Gasteiger partial charge in [0, 0.05) is 0 Å². The molecule has 0 aromatic heterocycles. The molecular weight excluding hydrogens is 164 g/mol. The van der Waals surface area contributed by atoms with E-state index in [0.717, 1.165) is 0 Å². The van der Waals surface area contributed by atoms with Crippen molar-refractivity contribution in [2.45, 2.75) is 13.8 Å². The zero-order valence-corrected chi connectivity index (χ0v) is 7.99. The fourth-order valence-electron chi connectivity index (χ4n) is 0.504. The van der Waals surface area contributed by atoms with E-state index in [1.807, 2.05) is 13.8 Å². The highest BCUT2D eigenvalue weighted by atomic mass is 17.3. The molecule has 6 heteroatoms. The van der Waals surface area contributed by atoms with Crippen LogP contribution < -0.4 is 5.64 Å². The molecule has 0 aliphatic carbocycles. The van der Waals surface area contributed by atoms with Gasteiger partial charge in [0.05, 0.1) is 6.61 Å². The third kappa shape index (κ3) is 4.60. The largest absolute Gasteiger partial charge is 0.273 e.